The molecule has 1 unspecified atom stereocenters. The van der Waals surface area contributed by atoms with E-state index in [1.165, 1.54) is 25.7 Å². The maximum Gasteiger partial charge on any atom is 0.0787 e. The number of nitrogens with two attached hydrogens (primary N) is 1. The van der Waals surface area contributed by atoms with Gasteiger partial charge in [-0.3, -0.25) is 0 Å². The van der Waals surface area contributed by atoms with Crippen LogP contribution in [0.25, 0.3) is 0 Å². The molecule has 2 heteroatoms. The van der Waals surface area contributed by atoms with Crippen molar-refractivity contribution in [3.05, 3.63) is 0 Å². The Bertz CT molecular complexity index is 79.6. The Labute approximate surface area is 70.1 Å². The summed E-state index contributed by atoms with van der Waals surface area (Å²) in [6.45, 7) is 6.45. The van der Waals surface area contributed by atoms with Gasteiger partial charge < -0.3 is 4.84 Å². The Morgan fingerprint density at radius 2 is 1.64 bits per heavy atom. The van der Waals surface area contributed by atoms with E-state index in [9.17, 15) is 0 Å². The van der Waals surface area contributed by atoms with Crippen LogP contribution < -0.4 is 5.90 Å². The minimum Gasteiger partial charge on any atom is -0.301 e. The summed E-state index contributed by atoms with van der Waals surface area (Å²) in [5.41, 5.74) is 0. The van der Waals surface area contributed by atoms with Crippen molar-refractivity contribution >= 4 is 0 Å². The minimum absolute atomic E-state index is 0.217. The highest BCUT2D eigenvalue weighted by molar-refractivity contribution is 4.64. The van der Waals surface area contributed by atoms with Crippen LogP contribution in [-0.4, -0.2) is 6.10 Å². The predicted molar refractivity (Wildman–Crippen MR) is 48.0 cm³/mol. The normalized spacial score (nSPS) is 13.9. The first-order chi connectivity index (χ1) is 5.26. The molecule has 0 rings (SSSR count). The third kappa shape index (κ3) is 4.38. The molecule has 0 radical (unpaired) electrons. The molecule has 68 valence electrons. The van der Waals surface area contributed by atoms with E-state index in [1.54, 1.807) is 0 Å². The highest BCUT2D eigenvalue weighted by Gasteiger charge is 2.14. The van der Waals surface area contributed by atoms with Gasteiger partial charge in [0.15, 0.2) is 0 Å². The Kier molecular flexibility index (Phi) is 6.57. The molecule has 0 saturated carbocycles. The van der Waals surface area contributed by atoms with Crippen molar-refractivity contribution in [2.24, 2.45) is 11.8 Å². The van der Waals surface area contributed by atoms with E-state index in [-0.39, 0.29) is 6.10 Å². The van der Waals surface area contributed by atoms with Gasteiger partial charge in [0.1, 0.15) is 0 Å². The second kappa shape index (κ2) is 6.62. The van der Waals surface area contributed by atoms with Crippen LogP contribution >= 0.6 is 0 Å². The molecule has 0 aromatic rings. The summed E-state index contributed by atoms with van der Waals surface area (Å²) < 4.78 is 0. The van der Waals surface area contributed by atoms with Crippen molar-refractivity contribution in [2.75, 3.05) is 0 Å². The summed E-state index contributed by atoms with van der Waals surface area (Å²) in [6, 6.07) is 0. The molecule has 0 bridgehead atoms. The van der Waals surface area contributed by atoms with Gasteiger partial charge in [-0.25, -0.2) is 5.90 Å². The van der Waals surface area contributed by atoms with Crippen LogP contribution in [0.1, 0.15) is 46.5 Å². The fraction of sp³-hybridized carbons (Fsp3) is 1.00. The maximum atomic E-state index is 5.13. The van der Waals surface area contributed by atoms with Gasteiger partial charge in [0.05, 0.1) is 6.10 Å². The van der Waals surface area contributed by atoms with Gasteiger partial charge in [0.25, 0.3) is 0 Å². The summed E-state index contributed by atoms with van der Waals surface area (Å²) in [6.07, 6.45) is 5.12. The Hall–Kier alpha value is -0.0800. The van der Waals surface area contributed by atoms with Gasteiger partial charge in [-0.1, -0.05) is 26.7 Å². The van der Waals surface area contributed by atoms with Crippen molar-refractivity contribution in [3.8, 4) is 0 Å². The number of rotatable bonds is 6. The summed E-state index contributed by atoms with van der Waals surface area (Å²) in [7, 11) is 0. The summed E-state index contributed by atoms with van der Waals surface area (Å²) in [5.74, 6) is 5.78. The van der Waals surface area contributed by atoms with Crippen molar-refractivity contribution in [1.29, 1.82) is 0 Å². The molecule has 0 heterocycles. The molecule has 0 spiro atoms. The van der Waals surface area contributed by atoms with Crippen molar-refractivity contribution in [1.82, 2.24) is 0 Å². The lowest BCUT2D eigenvalue weighted by molar-refractivity contribution is 0.0180. The molecule has 0 aliphatic carbocycles. The molecule has 0 fully saturated rings. The van der Waals surface area contributed by atoms with Gasteiger partial charge in [0, 0.05) is 0 Å². The molecule has 0 aromatic carbocycles. The van der Waals surface area contributed by atoms with Gasteiger partial charge in [0.2, 0.25) is 0 Å². The standard InChI is InChI=1S/C9H21NO/c1-4-6-9(7-5-2)8(3)11-10/h8-9H,4-7,10H2,1-3H3. The van der Waals surface area contributed by atoms with E-state index in [1.807, 2.05) is 0 Å². The predicted octanol–water partition coefficient (Wildman–Crippen LogP) is 2.48. The van der Waals surface area contributed by atoms with Crippen LogP contribution in [0.4, 0.5) is 0 Å². The lowest BCUT2D eigenvalue weighted by Gasteiger charge is -2.20. The second-order valence-electron chi connectivity index (χ2n) is 3.18. The number of hydrogen-bond donors (Lipinski definition) is 1. The fourth-order valence-corrected chi connectivity index (χ4v) is 1.47. The molecule has 2 N–H and O–H groups in total. The quantitative estimate of drug-likeness (QED) is 0.604. The van der Waals surface area contributed by atoms with Crippen LogP contribution in [0.15, 0.2) is 0 Å². The van der Waals surface area contributed by atoms with Crippen LogP contribution in [0.2, 0.25) is 0 Å². The van der Waals surface area contributed by atoms with E-state index in [0.29, 0.717) is 5.92 Å². The maximum absolute atomic E-state index is 5.13. The molecular formula is C9H21NO. The van der Waals surface area contributed by atoms with Crippen LogP contribution in [0.5, 0.6) is 0 Å². The first kappa shape index (κ1) is 10.9. The monoisotopic (exact) mass is 159 g/mol. The largest absolute Gasteiger partial charge is 0.301 e. The van der Waals surface area contributed by atoms with Crippen molar-refractivity contribution in [2.45, 2.75) is 52.6 Å². The topological polar surface area (TPSA) is 35.2 Å². The van der Waals surface area contributed by atoms with Gasteiger partial charge in [-0.2, -0.15) is 0 Å². The van der Waals surface area contributed by atoms with Crippen molar-refractivity contribution < 1.29 is 4.84 Å². The zero-order valence-corrected chi connectivity index (χ0v) is 7.97. The molecule has 0 aliphatic rings. The van der Waals surface area contributed by atoms with E-state index in [2.05, 4.69) is 20.8 Å². The highest BCUT2D eigenvalue weighted by atomic mass is 16.6. The third-order valence-electron chi connectivity index (χ3n) is 2.20. The van der Waals surface area contributed by atoms with Crippen LogP contribution in [-0.2, 0) is 4.84 Å². The zero-order valence-electron chi connectivity index (χ0n) is 7.97. The molecule has 1 atom stereocenters. The van der Waals surface area contributed by atoms with E-state index < -0.39 is 0 Å². The second-order valence-corrected chi connectivity index (χ2v) is 3.18. The summed E-state index contributed by atoms with van der Waals surface area (Å²) in [5, 5.41) is 0. The first-order valence-electron chi connectivity index (χ1n) is 4.61. The average Bonchev–Trinajstić information content (AvgIpc) is 2.03. The van der Waals surface area contributed by atoms with E-state index >= 15 is 0 Å². The third-order valence-corrected chi connectivity index (χ3v) is 2.20. The zero-order chi connectivity index (χ0) is 8.69. The fourth-order valence-electron chi connectivity index (χ4n) is 1.47. The van der Waals surface area contributed by atoms with Gasteiger partial charge in [-0.15, -0.1) is 0 Å². The molecule has 0 aliphatic heterocycles. The molecule has 11 heavy (non-hydrogen) atoms. The lowest BCUT2D eigenvalue weighted by atomic mass is 9.93. The smallest absolute Gasteiger partial charge is 0.0787 e. The molecular weight excluding hydrogens is 138 g/mol. The SMILES string of the molecule is CCCC(CCC)C(C)ON. The Balaban J connectivity index is 3.66. The van der Waals surface area contributed by atoms with Crippen LogP contribution in [0.3, 0.4) is 0 Å². The van der Waals surface area contributed by atoms with Gasteiger partial charge in [-0.05, 0) is 25.7 Å². The van der Waals surface area contributed by atoms with Gasteiger partial charge >= 0.3 is 0 Å². The first-order valence-corrected chi connectivity index (χ1v) is 4.61. The minimum atomic E-state index is 0.217. The average molecular weight is 159 g/mol. The summed E-state index contributed by atoms with van der Waals surface area (Å²) >= 11 is 0. The number of hydrogen-bond acceptors (Lipinski definition) is 2. The lowest BCUT2D eigenvalue weighted by Crippen LogP contribution is -2.23. The van der Waals surface area contributed by atoms with Crippen molar-refractivity contribution in [3.63, 3.8) is 0 Å². The van der Waals surface area contributed by atoms with E-state index in [0.717, 1.165) is 0 Å². The highest BCUT2D eigenvalue weighted by Crippen LogP contribution is 2.18. The molecule has 0 saturated heterocycles. The Morgan fingerprint density at radius 3 is 1.91 bits per heavy atom. The van der Waals surface area contributed by atoms with Crippen LogP contribution in [0, 0.1) is 5.92 Å². The molecule has 0 amide bonds. The molecule has 2 nitrogen and oxygen atoms in total. The Morgan fingerprint density at radius 1 is 1.18 bits per heavy atom. The summed E-state index contributed by atoms with van der Waals surface area (Å²) in [4.78, 5) is 4.82. The molecule has 0 aromatic heterocycles. The van der Waals surface area contributed by atoms with E-state index in [4.69, 9.17) is 10.7 Å².